The predicted molar refractivity (Wildman–Crippen MR) is 104 cm³/mol. The fraction of sp³-hybridized carbons (Fsp3) is 0.333. The summed E-state index contributed by atoms with van der Waals surface area (Å²) < 4.78 is 34.1. The molecule has 2 aromatic rings. The lowest BCUT2D eigenvalue weighted by atomic mass is 9.77. The molecule has 1 aliphatic rings. The summed E-state index contributed by atoms with van der Waals surface area (Å²) in [5.74, 6) is 0.919. The van der Waals surface area contributed by atoms with Crippen LogP contribution < -0.4 is 9.46 Å². The van der Waals surface area contributed by atoms with E-state index in [1.807, 2.05) is 37.3 Å². The maximum atomic E-state index is 12.8. The third kappa shape index (κ3) is 3.69. The molecule has 4 nitrogen and oxygen atoms in total. The van der Waals surface area contributed by atoms with Crippen molar-refractivity contribution in [2.75, 3.05) is 7.11 Å². The van der Waals surface area contributed by atoms with E-state index in [0.717, 1.165) is 29.7 Å². The topological polar surface area (TPSA) is 55.4 Å². The van der Waals surface area contributed by atoms with Crippen molar-refractivity contribution in [3.8, 4) is 5.75 Å². The van der Waals surface area contributed by atoms with Crippen molar-refractivity contribution in [1.29, 1.82) is 0 Å². The highest BCUT2D eigenvalue weighted by Crippen LogP contribution is 2.39. The standard InChI is InChI=1S/C21H25NO3S/c1-4-6-18-17-7-5-8-21(25-3)19(17)13-14-20(18)22-26(23,24)16-11-9-15(2)10-12-16/h4-5,7-12,18,20,22H,1,6,13-14H2,2-3H3/t18-,20-/m0/s1. The lowest BCUT2D eigenvalue weighted by Crippen LogP contribution is -2.41. The summed E-state index contributed by atoms with van der Waals surface area (Å²) >= 11 is 0. The number of hydrogen-bond donors (Lipinski definition) is 1. The second-order valence-corrected chi connectivity index (χ2v) is 8.45. The molecule has 0 bridgehead atoms. The first-order valence-corrected chi connectivity index (χ1v) is 10.3. The van der Waals surface area contributed by atoms with Crippen LogP contribution in [0.25, 0.3) is 0 Å². The largest absolute Gasteiger partial charge is 0.496 e. The number of rotatable bonds is 6. The fourth-order valence-corrected chi connectivity index (χ4v) is 5.01. The van der Waals surface area contributed by atoms with Crippen LogP contribution in [0.2, 0.25) is 0 Å². The molecule has 26 heavy (non-hydrogen) atoms. The second kappa shape index (κ2) is 7.64. The minimum absolute atomic E-state index is 0.0478. The van der Waals surface area contributed by atoms with Gasteiger partial charge in [0.2, 0.25) is 10.0 Å². The molecule has 0 aliphatic heterocycles. The number of sulfonamides is 1. The van der Waals surface area contributed by atoms with Gasteiger partial charge in [0.05, 0.1) is 12.0 Å². The third-order valence-electron chi connectivity index (χ3n) is 5.04. The van der Waals surface area contributed by atoms with Gasteiger partial charge in [-0.2, -0.15) is 0 Å². The Kier molecular flexibility index (Phi) is 5.49. The van der Waals surface area contributed by atoms with E-state index in [0.29, 0.717) is 11.3 Å². The molecule has 0 aromatic heterocycles. The van der Waals surface area contributed by atoms with Crippen LogP contribution in [0.4, 0.5) is 0 Å². The molecule has 2 aromatic carbocycles. The zero-order valence-electron chi connectivity index (χ0n) is 15.2. The van der Waals surface area contributed by atoms with Crippen LogP contribution in [0.5, 0.6) is 5.75 Å². The lowest BCUT2D eigenvalue weighted by Gasteiger charge is -2.34. The normalized spacial score (nSPS) is 19.6. The van der Waals surface area contributed by atoms with Crippen molar-refractivity contribution < 1.29 is 13.2 Å². The van der Waals surface area contributed by atoms with Gasteiger partial charge < -0.3 is 4.74 Å². The van der Waals surface area contributed by atoms with Crippen molar-refractivity contribution in [2.45, 2.75) is 43.0 Å². The van der Waals surface area contributed by atoms with E-state index in [9.17, 15) is 8.42 Å². The van der Waals surface area contributed by atoms with E-state index < -0.39 is 10.0 Å². The van der Waals surface area contributed by atoms with E-state index in [2.05, 4.69) is 17.4 Å². The maximum Gasteiger partial charge on any atom is 0.240 e. The summed E-state index contributed by atoms with van der Waals surface area (Å²) in [6.45, 7) is 5.80. The molecule has 5 heteroatoms. The highest BCUT2D eigenvalue weighted by Gasteiger charge is 2.33. The van der Waals surface area contributed by atoms with E-state index in [1.54, 1.807) is 19.2 Å². The van der Waals surface area contributed by atoms with Gasteiger partial charge in [0.15, 0.2) is 0 Å². The average Bonchev–Trinajstić information content (AvgIpc) is 2.63. The van der Waals surface area contributed by atoms with Crippen LogP contribution in [0.1, 0.15) is 35.4 Å². The number of allylic oxidation sites excluding steroid dienone is 1. The summed E-state index contributed by atoms with van der Waals surface area (Å²) in [7, 11) is -1.89. The van der Waals surface area contributed by atoms with Gasteiger partial charge in [0, 0.05) is 12.0 Å². The molecule has 0 spiro atoms. The van der Waals surface area contributed by atoms with Crippen molar-refractivity contribution in [3.63, 3.8) is 0 Å². The summed E-state index contributed by atoms with van der Waals surface area (Å²) in [5.41, 5.74) is 3.35. The average molecular weight is 372 g/mol. The Bertz CT molecular complexity index is 888. The molecule has 138 valence electrons. The number of aryl methyl sites for hydroxylation is 1. The van der Waals surface area contributed by atoms with E-state index in [4.69, 9.17) is 4.74 Å². The Hall–Kier alpha value is -2.11. The molecule has 0 unspecified atom stereocenters. The SMILES string of the molecule is C=CC[C@H]1c2cccc(OC)c2CC[C@@H]1NS(=O)(=O)c1ccc(C)cc1. The second-order valence-electron chi connectivity index (χ2n) is 6.74. The first-order chi connectivity index (χ1) is 12.5. The van der Waals surface area contributed by atoms with Gasteiger partial charge in [-0.1, -0.05) is 35.9 Å². The van der Waals surface area contributed by atoms with E-state index >= 15 is 0 Å². The molecule has 0 fully saturated rings. The number of benzene rings is 2. The van der Waals surface area contributed by atoms with Crippen LogP contribution in [-0.4, -0.2) is 21.6 Å². The summed E-state index contributed by atoms with van der Waals surface area (Å²) in [6.07, 6.45) is 4.08. The highest BCUT2D eigenvalue weighted by atomic mass is 32.2. The Balaban J connectivity index is 1.92. The van der Waals surface area contributed by atoms with Gasteiger partial charge in [-0.3, -0.25) is 0 Å². The molecule has 0 radical (unpaired) electrons. The van der Waals surface area contributed by atoms with Crippen LogP contribution in [0.3, 0.4) is 0 Å². The minimum Gasteiger partial charge on any atom is -0.496 e. The summed E-state index contributed by atoms with van der Waals surface area (Å²) in [6, 6.07) is 12.8. The Morgan fingerprint density at radius 1 is 1.23 bits per heavy atom. The van der Waals surface area contributed by atoms with Crippen LogP contribution in [0, 0.1) is 6.92 Å². The minimum atomic E-state index is -3.56. The molecule has 0 heterocycles. The van der Waals surface area contributed by atoms with Gasteiger partial charge in [-0.25, -0.2) is 13.1 Å². The first kappa shape index (κ1) is 18.7. The van der Waals surface area contributed by atoms with E-state index in [-0.39, 0.29) is 12.0 Å². The molecule has 2 atom stereocenters. The number of fused-ring (bicyclic) bond motifs is 1. The quantitative estimate of drug-likeness (QED) is 0.782. The number of ether oxygens (including phenoxy) is 1. The number of hydrogen-bond acceptors (Lipinski definition) is 3. The molecule has 1 N–H and O–H groups in total. The molecule has 0 amide bonds. The zero-order chi connectivity index (χ0) is 18.7. The van der Waals surface area contributed by atoms with Gasteiger partial charge in [-0.05, 0) is 55.5 Å². The monoisotopic (exact) mass is 371 g/mol. The summed E-state index contributed by atoms with van der Waals surface area (Å²) in [5, 5.41) is 0. The van der Waals surface area contributed by atoms with Gasteiger partial charge in [-0.15, -0.1) is 6.58 Å². The van der Waals surface area contributed by atoms with Crippen LogP contribution >= 0.6 is 0 Å². The van der Waals surface area contributed by atoms with Crippen molar-refractivity contribution in [3.05, 3.63) is 71.8 Å². The Labute approximate surface area is 156 Å². The van der Waals surface area contributed by atoms with E-state index in [1.165, 1.54) is 5.56 Å². The van der Waals surface area contributed by atoms with Crippen molar-refractivity contribution in [2.24, 2.45) is 0 Å². The first-order valence-electron chi connectivity index (χ1n) is 8.82. The van der Waals surface area contributed by atoms with Crippen molar-refractivity contribution in [1.82, 2.24) is 4.72 Å². The molecule has 0 saturated heterocycles. The fourth-order valence-electron chi connectivity index (χ4n) is 3.70. The maximum absolute atomic E-state index is 12.8. The van der Waals surface area contributed by atoms with Crippen molar-refractivity contribution >= 4 is 10.0 Å². The number of nitrogens with one attached hydrogen (secondary N) is 1. The van der Waals surface area contributed by atoms with Crippen LogP contribution in [0.15, 0.2) is 60.0 Å². The van der Waals surface area contributed by atoms with Crippen LogP contribution in [-0.2, 0) is 16.4 Å². The Morgan fingerprint density at radius 2 is 1.96 bits per heavy atom. The van der Waals surface area contributed by atoms with Gasteiger partial charge in [0.25, 0.3) is 0 Å². The highest BCUT2D eigenvalue weighted by molar-refractivity contribution is 7.89. The van der Waals surface area contributed by atoms with Gasteiger partial charge >= 0.3 is 0 Å². The zero-order valence-corrected chi connectivity index (χ0v) is 16.1. The smallest absolute Gasteiger partial charge is 0.240 e. The lowest BCUT2D eigenvalue weighted by molar-refractivity contribution is 0.389. The molecular formula is C21H25NO3S. The van der Waals surface area contributed by atoms with Gasteiger partial charge in [0.1, 0.15) is 5.75 Å². The third-order valence-corrected chi connectivity index (χ3v) is 6.54. The molecule has 0 saturated carbocycles. The molecular weight excluding hydrogens is 346 g/mol. The summed E-state index contributed by atoms with van der Waals surface area (Å²) in [4.78, 5) is 0.303. The predicted octanol–water partition coefficient (Wildman–Crippen LogP) is 3.96. The number of methoxy groups -OCH3 is 1. The Morgan fingerprint density at radius 3 is 2.62 bits per heavy atom. The molecule has 3 rings (SSSR count). The molecule has 1 aliphatic carbocycles.